The van der Waals surface area contributed by atoms with Gasteiger partial charge >= 0.3 is 5.69 Å². The summed E-state index contributed by atoms with van der Waals surface area (Å²) in [5.74, 6) is 0.872. The van der Waals surface area contributed by atoms with Crippen LogP contribution in [0.15, 0.2) is 41.3 Å². The standard InChI is InChI=1S/C20H22N6O/c1-24-18-17(8-9-23-18)19(25-10-4-7-16(22)13-25)26(20(24)27)12-15-6-3-2-5-14(15)11-21/h2-3,5-6,8-9,16H,4,7,10,12-13,22H2,1H3/p+1/t16-/m1/s1. The van der Waals surface area contributed by atoms with Gasteiger partial charge in [0.2, 0.25) is 5.82 Å². The molecule has 138 valence electrons. The van der Waals surface area contributed by atoms with E-state index in [4.69, 9.17) is 5.73 Å². The van der Waals surface area contributed by atoms with Gasteiger partial charge in [-0.1, -0.05) is 18.2 Å². The van der Waals surface area contributed by atoms with E-state index in [1.54, 1.807) is 22.2 Å². The Bertz CT molecular complexity index is 1090. The third-order valence-corrected chi connectivity index (χ3v) is 5.30. The Balaban J connectivity index is 1.93. The van der Waals surface area contributed by atoms with Crippen molar-refractivity contribution in [1.29, 1.82) is 5.26 Å². The summed E-state index contributed by atoms with van der Waals surface area (Å²) in [4.78, 5) is 18.6. The van der Waals surface area contributed by atoms with E-state index < -0.39 is 0 Å². The second-order valence-corrected chi connectivity index (χ2v) is 7.11. The fourth-order valence-electron chi connectivity index (χ4n) is 3.95. The fraction of sp³-hybridized carbons (Fsp3) is 0.350. The predicted octanol–water partition coefficient (Wildman–Crippen LogP) is 1.00. The SMILES string of the molecule is Cn1c(=O)[n+](Cc2ccccc2C#N)c(N2CCC[C@@H](N)C2)c2cc[nH]c21. The lowest BCUT2D eigenvalue weighted by Crippen LogP contribution is -2.59. The monoisotopic (exact) mass is 363 g/mol. The highest BCUT2D eigenvalue weighted by molar-refractivity contribution is 5.86. The first kappa shape index (κ1) is 17.3. The Morgan fingerprint density at radius 3 is 2.96 bits per heavy atom. The Labute approximate surface area is 157 Å². The van der Waals surface area contributed by atoms with Crippen molar-refractivity contribution >= 4 is 16.9 Å². The smallest absolute Gasteiger partial charge is 0.335 e. The van der Waals surface area contributed by atoms with Gasteiger partial charge in [0.15, 0.2) is 5.65 Å². The van der Waals surface area contributed by atoms with Crippen LogP contribution in [-0.4, -0.2) is 28.7 Å². The molecule has 1 aliphatic heterocycles. The van der Waals surface area contributed by atoms with Crippen LogP contribution in [0.5, 0.6) is 0 Å². The Hall–Kier alpha value is -3.11. The molecule has 7 nitrogen and oxygen atoms in total. The molecule has 0 spiro atoms. The number of piperidine rings is 1. The van der Waals surface area contributed by atoms with Gasteiger partial charge in [0.1, 0.15) is 11.9 Å². The van der Waals surface area contributed by atoms with Gasteiger partial charge < -0.3 is 10.7 Å². The molecule has 7 heteroatoms. The minimum atomic E-state index is -0.119. The van der Waals surface area contributed by atoms with Crippen LogP contribution < -0.4 is 20.9 Å². The number of aryl methyl sites for hydroxylation is 1. The van der Waals surface area contributed by atoms with Crippen molar-refractivity contribution in [3.05, 3.63) is 58.1 Å². The van der Waals surface area contributed by atoms with Crippen molar-refractivity contribution in [3.63, 3.8) is 0 Å². The number of hydrogen-bond donors (Lipinski definition) is 2. The molecule has 0 unspecified atom stereocenters. The number of nitrogens with two attached hydrogens (primary N) is 1. The summed E-state index contributed by atoms with van der Waals surface area (Å²) in [6, 6.07) is 11.7. The summed E-state index contributed by atoms with van der Waals surface area (Å²) < 4.78 is 3.39. The van der Waals surface area contributed by atoms with Gasteiger partial charge in [-0.2, -0.15) is 9.83 Å². The number of anilines is 1. The summed E-state index contributed by atoms with van der Waals surface area (Å²) in [7, 11) is 1.76. The summed E-state index contributed by atoms with van der Waals surface area (Å²) in [6.07, 6.45) is 3.84. The normalized spacial score (nSPS) is 17.2. The molecule has 1 saturated heterocycles. The van der Waals surface area contributed by atoms with Gasteiger partial charge in [-0.3, -0.25) is 4.90 Å². The van der Waals surface area contributed by atoms with Crippen LogP contribution in [0.25, 0.3) is 11.0 Å². The van der Waals surface area contributed by atoms with Crippen LogP contribution in [0.1, 0.15) is 24.0 Å². The molecule has 3 heterocycles. The van der Waals surface area contributed by atoms with Gasteiger partial charge in [0.25, 0.3) is 0 Å². The van der Waals surface area contributed by atoms with Crippen molar-refractivity contribution in [2.24, 2.45) is 12.8 Å². The summed E-state index contributed by atoms with van der Waals surface area (Å²) in [5, 5.41) is 10.4. The van der Waals surface area contributed by atoms with Gasteiger partial charge in [0.05, 0.1) is 31.8 Å². The van der Waals surface area contributed by atoms with E-state index in [0.717, 1.165) is 41.8 Å². The van der Waals surface area contributed by atoms with E-state index in [0.29, 0.717) is 18.7 Å². The highest BCUT2D eigenvalue weighted by Gasteiger charge is 2.30. The minimum absolute atomic E-state index is 0.0941. The van der Waals surface area contributed by atoms with Crippen molar-refractivity contribution in [1.82, 2.24) is 9.55 Å². The van der Waals surface area contributed by atoms with E-state index in [1.807, 2.05) is 30.5 Å². The fourth-order valence-corrected chi connectivity index (χ4v) is 3.95. The number of H-pyrrole nitrogens is 1. The number of nitriles is 1. The number of nitrogens with one attached hydrogen (secondary N) is 1. The van der Waals surface area contributed by atoms with Crippen LogP contribution >= 0.6 is 0 Å². The molecule has 1 aromatic carbocycles. The molecular formula is C20H23N6O+. The third kappa shape index (κ3) is 2.98. The van der Waals surface area contributed by atoms with Crippen LogP contribution in [-0.2, 0) is 13.6 Å². The van der Waals surface area contributed by atoms with Crippen molar-refractivity contribution < 1.29 is 4.57 Å². The van der Waals surface area contributed by atoms with Crippen LogP contribution in [0.3, 0.4) is 0 Å². The highest BCUT2D eigenvalue weighted by Crippen LogP contribution is 2.24. The average molecular weight is 363 g/mol. The van der Waals surface area contributed by atoms with E-state index in [1.165, 1.54) is 0 Å². The van der Waals surface area contributed by atoms with Crippen molar-refractivity contribution in [2.75, 3.05) is 18.0 Å². The minimum Gasteiger partial charge on any atom is -0.335 e. The first-order valence-corrected chi connectivity index (χ1v) is 9.18. The lowest BCUT2D eigenvalue weighted by molar-refractivity contribution is -0.693. The molecule has 3 aromatic rings. The van der Waals surface area contributed by atoms with Gasteiger partial charge in [0, 0.05) is 17.8 Å². The Morgan fingerprint density at radius 2 is 2.19 bits per heavy atom. The number of fused-ring (bicyclic) bond motifs is 1. The number of rotatable bonds is 3. The molecule has 0 saturated carbocycles. The first-order chi connectivity index (χ1) is 13.1. The van der Waals surface area contributed by atoms with Crippen LogP contribution in [0, 0.1) is 11.3 Å². The van der Waals surface area contributed by atoms with Gasteiger partial charge in [-0.15, -0.1) is 0 Å². The topological polar surface area (TPSA) is 94.7 Å². The second-order valence-electron chi connectivity index (χ2n) is 7.11. The summed E-state index contributed by atoms with van der Waals surface area (Å²) in [5.41, 5.74) is 8.30. The van der Waals surface area contributed by atoms with Crippen molar-refractivity contribution in [2.45, 2.75) is 25.4 Å². The number of aromatic amines is 1. The molecule has 1 aliphatic rings. The molecule has 4 rings (SSSR count). The zero-order chi connectivity index (χ0) is 19.0. The number of aromatic nitrogens is 3. The van der Waals surface area contributed by atoms with Crippen LogP contribution in [0.2, 0.25) is 0 Å². The van der Waals surface area contributed by atoms with E-state index in [2.05, 4.69) is 16.0 Å². The summed E-state index contributed by atoms with van der Waals surface area (Å²) in [6.45, 7) is 1.92. The van der Waals surface area contributed by atoms with E-state index in [-0.39, 0.29) is 11.7 Å². The molecule has 0 amide bonds. The molecule has 1 fully saturated rings. The molecule has 0 bridgehead atoms. The highest BCUT2D eigenvalue weighted by atomic mass is 16.1. The van der Waals surface area contributed by atoms with Gasteiger partial charge in [-0.05, 0) is 25.0 Å². The molecular weight excluding hydrogens is 340 g/mol. The van der Waals surface area contributed by atoms with Crippen LogP contribution in [0.4, 0.5) is 5.82 Å². The lowest BCUT2D eigenvalue weighted by atomic mass is 10.1. The molecule has 0 aliphatic carbocycles. The summed E-state index contributed by atoms with van der Waals surface area (Å²) >= 11 is 0. The number of nitrogens with zero attached hydrogens (tertiary/aromatic N) is 4. The number of hydrogen-bond acceptors (Lipinski definition) is 4. The second kappa shape index (κ2) is 6.89. The van der Waals surface area contributed by atoms with Gasteiger partial charge in [-0.25, -0.2) is 9.36 Å². The predicted molar refractivity (Wildman–Crippen MR) is 103 cm³/mol. The zero-order valence-corrected chi connectivity index (χ0v) is 15.4. The molecule has 3 N–H and O–H groups in total. The Kier molecular flexibility index (Phi) is 4.42. The average Bonchev–Trinajstić information content (AvgIpc) is 3.16. The molecule has 1 atom stereocenters. The van der Waals surface area contributed by atoms with Crippen molar-refractivity contribution in [3.8, 4) is 6.07 Å². The largest absolute Gasteiger partial charge is 0.444 e. The maximum Gasteiger partial charge on any atom is 0.444 e. The lowest BCUT2D eigenvalue weighted by Gasteiger charge is -2.29. The molecule has 0 radical (unpaired) electrons. The maximum absolute atomic E-state index is 13.2. The zero-order valence-electron chi connectivity index (χ0n) is 15.4. The molecule has 27 heavy (non-hydrogen) atoms. The quantitative estimate of drug-likeness (QED) is 0.679. The van der Waals surface area contributed by atoms with E-state index >= 15 is 0 Å². The maximum atomic E-state index is 13.2. The first-order valence-electron chi connectivity index (χ1n) is 9.18. The van der Waals surface area contributed by atoms with E-state index in [9.17, 15) is 10.1 Å². The Morgan fingerprint density at radius 1 is 1.37 bits per heavy atom. The number of benzene rings is 1. The molecule has 2 aromatic heterocycles. The third-order valence-electron chi connectivity index (χ3n) is 5.30.